The van der Waals surface area contributed by atoms with Crippen molar-refractivity contribution in [3.63, 3.8) is 0 Å². The normalized spacial score (nSPS) is 17.8. The summed E-state index contributed by atoms with van der Waals surface area (Å²) in [5.41, 5.74) is 4.80. The van der Waals surface area contributed by atoms with Crippen molar-refractivity contribution in [1.82, 2.24) is 10.2 Å². The summed E-state index contributed by atoms with van der Waals surface area (Å²) < 4.78 is 5.35. The van der Waals surface area contributed by atoms with Gasteiger partial charge in [0.25, 0.3) is 5.91 Å². The van der Waals surface area contributed by atoms with Crippen molar-refractivity contribution in [2.45, 2.75) is 103 Å². The standard InChI is InChI=1S/C23H40N4O3/c1-23(2,3)30-22(29)27(16-15-24)18-19(17-25)21(28)26-20-13-11-9-7-5-4-6-8-10-12-14-20/h18,20H,4-16,24H2,1-3H3,(H,26,28)/b19-18-. The lowest BCUT2D eigenvalue weighted by atomic mass is 9.97. The molecule has 0 unspecified atom stereocenters. The van der Waals surface area contributed by atoms with Crippen LogP contribution in [0.15, 0.2) is 11.8 Å². The van der Waals surface area contributed by atoms with Crippen LogP contribution in [-0.2, 0) is 9.53 Å². The maximum absolute atomic E-state index is 12.8. The zero-order valence-corrected chi connectivity index (χ0v) is 19.0. The highest BCUT2D eigenvalue weighted by atomic mass is 16.6. The summed E-state index contributed by atoms with van der Waals surface area (Å²) in [5.74, 6) is -0.444. The molecule has 0 atom stereocenters. The van der Waals surface area contributed by atoms with Crippen LogP contribution in [0.2, 0.25) is 0 Å². The van der Waals surface area contributed by atoms with Crippen LogP contribution in [-0.4, -0.2) is 41.6 Å². The number of rotatable bonds is 5. The van der Waals surface area contributed by atoms with Crippen LogP contribution in [0.5, 0.6) is 0 Å². The van der Waals surface area contributed by atoms with Gasteiger partial charge in [-0.25, -0.2) is 4.79 Å². The van der Waals surface area contributed by atoms with Gasteiger partial charge in [-0.3, -0.25) is 9.69 Å². The number of ether oxygens (including phenoxy) is 1. The van der Waals surface area contributed by atoms with E-state index in [0.717, 1.165) is 25.7 Å². The van der Waals surface area contributed by atoms with Crippen LogP contribution >= 0.6 is 0 Å². The Bertz CT molecular complexity index is 593. The van der Waals surface area contributed by atoms with E-state index >= 15 is 0 Å². The van der Waals surface area contributed by atoms with Gasteiger partial charge in [-0.2, -0.15) is 5.26 Å². The fourth-order valence-corrected chi connectivity index (χ4v) is 3.53. The Morgan fingerprint density at radius 3 is 2.00 bits per heavy atom. The van der Waals surface area contributed by atoms with Gasteiger partial charge in [-0.15, -0.1) is 0 Å². The van der Waals surface area contributed by atoms with Crippen molar-refractivity contribution in [3.8, 4) is 6.07 Å². The molecular weight excluding hydrogens is 380 g/mol. The minimum Gasteiger partial charge on any atom is -0.443 e. The van der Waals surface area contributed by atoms with Gasteiger partial charge >= 0.3 is 6.09 Å². The first kappa shape index (κ1) is 26.0. The van der Waals surface area contributed by atoms with E-state index in [9.17, 15) is 14.9 Å². The molecule has 170 valence electrons. The molecule has 0 saturated heterocycles. The molecule has 0 bridgehead atoms. The van der Waals surface area contributed by atoms with Crippen LogP contribution < -0.4 is 11.1 Å². The van der Waals surface area contributed by atoms with Gasteiger partial charge in [0, 0.05) is 25.3 Å². The second-order valence-electron chi connectivity index (χ2n) is 9.05. The number of hydrogen-bond acceptors (Lipinski definition) is 5. The van der Waals surface area contributed by atoms with Gasteiger partial charge in [0.1, 0.15) is 17.2 Å². The quantitative estimate of drug-likeness (QED) is 0.507. The van der Waals surface area contributed by atoms with Crippen molar-refractivity contribution >= 4 is 12.0 Å². The minimum absolute atomic E-state index is 0.0539. The van der Waals surface area contributed by atoms with Gasteiger partial charge in [0.15, 0.2) is 0 Å². The molecule has 1 aliphatic rings. The SMILES string of the molecule is CC(C)(C)OC(=O)N(/C=C(/C#N)C(=O)NC1CCCCCCCCCCC1)CCN. The van der Waals surface area contributed by atoms with E-state index in [4.69, 9.17) is 10.5 Å². The third kappa shape index (κ3) is 11.2. The largest absolute Gasteiger partial charge is 0.443 e. The van der Waals surface area contributed by atoms with Crippen LogP contribution in [0.3, 0.4) is 0 Å². The number of hydrogen-bond donors (Lipinski definition) is 2. The fraction of sp³-hybridized carbons (Fsp3) is 0.783. The third-order valence-electron chi connectivity index (χ3n) is 5.09. The molecule has 30 heavy (non-hydrogen) atoms. The molecular formula is C23H40N4O3. The smallest absolute Gasteiger partial charge is 0.414 e. The first-order valence-electron chi connectivity index (χ1n) is 11.4. The Hall–Kier alpha value is -2.07. The molecule has 0 spiro atoms. The van der Waals surface area contributed by atoms with Gasteiger partial charge in [0.05, 0.1) is 0 Å². The average molecular weight is 421 g/mol. The summed E-state index contributed by atoms with van der Waals surface area (Å²) in [6, 6.07) is 1.98. The monoisotopic (exact) mass is 420 g/mol. The molecule has 7 nitrogen and oxygen atoms in total. The number of nitrogens with one attached hydrogen (secondary N) is 1. The van der Waals surface area contributed by atoms with Crippen LogP contribution in [0.25, 0.3) is 0 Å². The van der Waals surface area contributed by atoms with Crippen LogP contribution in [0, 0.1) is 11.3 Å². The second kappa shape index (κ2) is 14.0. The van der Waals surface area contributed by atoms with Crippen LogP contribution in [0.4, 0.5) is 4.79 Å². The zero-order chi connectivity index (χ0) is 22.4. The Morgan fingerprint density at radius 1 is 1.07 bits per heavy atom. The molecule has 0 aromatic rings. The first-order valence-corrected chi connectivity index (χ1v) is 11.4. The Labute approximate surface area is 182 Å². The zero-order valence-electron chi connectivity index (χ0n) is 19.0. The molecule has 0 aromatic heterocycles. The van der Waals surface area contributed by atoms with Crippen molar-refractivity contribution in [3.05, 3.63) is 11.8 Å². The molecule has 2 amide bonds. The molecule has 1 rings (SSSR count). The predicted octanol–water partition coefficient (Wildman–Crippen LogP) is 4.38. The van der Waals surface area contributed by atoms with Crippen molar-refractivity contribution < 1.29 is 14.3 Å². The molecule has 7 heteroatoms. The molecule has 3 N–H and O–H groups in total. The van der Waals surface area contributed by atoms with E-state index in [1.54, 1.807) is 20.8 Å². The maximum Gasteiger partial charge on any atom is 0.414 e. The van der Waals surface area contributed by atoms with E-state index in [0.29, 0.717) is 0 Å². The molecule has 0 aliphatic heterocycles. The highest BCUT2D eigenvalue weighted by Gasteiger charge is 2.23. The number of carbonyl (C=O) groups excluding carboxylic acids is 2. The molecule has 1 aliphatic carbocycles. The highest BCUT2D eigenvalue weighted by molar-refractivity contribution is 5.97. The Morgan fingerprint density at radius 2 is 1.57 bits per heavy atom. The number of nitrogens with two attached hydrogens (primary N) is 1. The van der Waals surface area contributed by atoms with E-state index in [1.807, 2.05) is 6.07 Å². The Balaban J connectivity index is 2.80. The van der Waals surface area contributed by atoms with Crippen molar-refractivity contribution in [2.24, 2.45) is 5.73 Å². The maximum atomic E-state index is 12.8. The number of amides is 2. The predicted molar refractivity (Wildman–Crippen MR) is 118 cm³/mol. The number of nitrogens with zero attached hydrogens (tertiary/aromatic N) is 2. The molecule has 0 heterocycles. The first-order chi connectivity index (χ1) is 14.3. The van der Waals surface area contributed by atoms with Crippen molar-refractivity contribution in [1.29, 1.82) is 5.26 Å². The lowest BCUT2D eigenvalue weighted by molar-refractivity contribution is -0.118. The summed E-state index contributed by atoms with van der Waals surface area (Å²) in [6.07, 6.45) is 13.4. The molecule has 0 radical (unpaired) electrons. The fourth-order valence-electron chi connectivity index (χ4n) is 3.53. The Kier molecular flexibility index (Phi) is 12.1. The van der Waals surface area contributed by atoms with Crippen LogP contribution in [0.1, 0.15) is 91.4 Å². The average Bonchev–Trinajstić information content (AvgIpc) is 2.65. The summed E-state index contributed by atoms with van der Waals surface area (Å²) in [7, 11) is 0. The van der Waals surface area contributed by atoms with E-state index < -0.39 is 17.6 Å². The van der Waals surface area contributed by atoms with Crippen molar-refractivity contribution in [2.75, 3.05) is 13.1 Å². The number of carbonyl (C=O) groups is 2. The van der Waals surface area contributed by atoms with E-state index in [1.165, 1.54) is 56.0 Å². The van der Waals surface area contributed by atoms with Gasteiger partial charge in [-0.1, -0.05) is 57.8 Å². The summed E-state index contributed by atoms with van der Waals surface area (Å²) >= 11 is 0. The van der Waals surface area contributed by atoms with Gasteiger partial charge in [0.2, 0.25) is 0 Å². The van der Waals surface area contributed by atoms with E-state index in [2.05, 4.69) is 5.32 Å². The molecule has 1 fully saturated rings. The number of nitriles is 1. The van der Waals surface area contributed by atoms with Gasteiger partial charge in [-0.05, 0) is 33.6 Å². The lowest BCUT2D eigenvalue weighted by Crippen LogP contribution is -2.39. The molecule has 1 saturated carbocycles. The topological polar surface area (TPSA) is 108 Å². The second-order valence-corrected chi connectivity index (χ2v) is 9.05. The third-order valence-corrected chi connectivity index (χ3v) is 5.09. The summed E-state index contributed by atoms with van der Waals surface area (Å²) in [4.78, 5) is 26.3. The summed E-state index contributed by atoms with van der Waals surface area (Å²) in [5, 5.41) is 12.5. The minimum atomic E-state index is -0.680. The highest BCUT2D eigenvalue weighted by Crippen LogP contribution is 2.17. The van der Waals surface area contributed by atoms with Gasteiger partial charge < -0.3 is 15.8 Å². The van der Waals surface area contributed by atoms with E-state index in [-0.39, 0.29) is 24.7 Å². The lowest BCUT2D eigenvalue weighted by Gasteiger charge is -2.25. The molecule has 0 aromatic carbocycles. The summed E-state index contributed by atoms with van der Waals surface area (Å²) in [6.45, 7) is 5.64.